The number of hydrogen-bond acceptors (Lipinski definition) is 5. The summed E-state index contributed by atoms with van der Waals surface area (Å²) >= 11 is 0. The quantitative estimate of drug-likeness (QED) is 0.893. The normalized spacial score (nSPS) is 30.1. The van der Waals surface area contributed by atoms with Crippen LogP contribution in [0.2, 0.25) is 0 Å². The maximum atomic E-state index is 12.6. The zero-order valence-corrected chi connectivity index (χ0v) is 15.5. The monoisotopic (exact) mass is 359 g/mol. The Labute approximate surface area is 155 Å². The fraction of sp³-hybridized carbons (Fsp3) is 0.700. The van der Waals surface area contributed by atoms with Crippen molar-refractivity contribution in [3.05, 3.63) is 24.0 Å². The van der Waals surface area contributed by atoms with Crippen molar-refractivity contribution < 1.29 is 14.3 Å². The number of nitrogens with zero attached hydrogens (tertiary/aromatic N) is 2. The number of hydrogen-bond donors (Lipinski definition) is 1. The Bertz CT molecular complexity index is 632. The lowest BCUT2D eigenvalue weighted by Gasteiger charge is -2.36. The largest absolute Gasteiger partial charge is 0.381 e. The van der Waals surface area contributed by atoms with E-state index in [1.807, 2.05) is 19.1 Å². The number of aryl methyl sites for hydroxylation is 1. The van der Waals surface area contributed by atoms with Crippen molar-refractivity contribution in [1.82, 2.24) is 9.88 Å². The van der Waals surface area contributed by atoms with Crippen LogP contribution < -0.4 is 5.32 Å². The molecule has 3 fully saturated rings. The minimum Gasteiger partial charge on any atom is -0.381 e. The number of anilines is 1. The molecule has 4 heterocycles. The Kier molecular flexibility index (Phi) is 5.52. The second-order valence-corrected chi connectivity index (χ2v) is 7.89. The van der Waals surface area contributed by atoms with Gasteiger partial charge in [-0.15, -0.1) is 0 Å². The van der Waals surface area contributed by atoms with Gasteiger partial charge in [-0.2, -0.15) is 0 Å². The molecule has 0 aromatic carbocycles. The highest BCUT2D eigenvalue weighted by Gasteiger charge is 2.42. The van der Waals surface area contributed by atoms with Crippen LogP contribution in [0.4, 0.5) is 5.69 Å². The topological polar surface area (TPSA) is 63.7 Å². The van der Waals surface area contributed by atoms with E-state index >= 15 is 0 Å². The first-order valence-corrected chi connectivity index (χ1v) is 9.87. The number of piperidine rings is 1. The molecule has 3 aliphatic heterocycles. The molecule has 0 aliphatic carbocycles. The Hall–Kier alpha value is -1.50. The molecule has 4 rings (SSSR count). The molecule has 6 nitrogen and oxygen atoms in total. The average molecular weight is 359 g/mol. The van der Waals surface area contributed by atoms with Crippen LogP contribution in [0.5, 0.6) is 0 Å². The van der Waals surface area contributed by atoms with Gasteiger partial charge in [0.1, 0.15) is 6.10 Å². The van der Waals surface area contributed by atoms with Crippen LogP contribution in [-0.2, 0) is 14.3 Å². The predicted molar refractivity (Wildman–Crippen MR) is 99.0 cm³/mol. The molecule has 1 amide bonds. The molecular weight excluding hydrogens is 330 g/mol. The molecular formula is C20H29N3O3. The third-order valence-corrected chi connectivity index (χ3v) is 6.05. The summed E-state index contributed by atoms with van der Waals surface area (Å²) in [5.74, 6) is 1.22. The fourth-order valence-corrected chi connectivity index (χ4v) is 4.45. The second kappa shape index (κ2) is 8.03. The van der Waals surface area contributed by atoms with Gasteiger partial charge in [-0.3, -0.25) is 9.78 Å². The lowest BCUT2D eigenvalue weighted by Crippen LogP contribution is -2.45. The van der Waals surface area contributed by atoms with Crippen LogP contribution in [0.25, 0.3) is 0 Å². The fourth-order valence-electron chi connectivity index (χ4n) is 4.45. The summed E-state index contributed by atoms with van der Waals surface area (Å²) in [5.41, 5.74) is 1.61. The van der Waals surface area contributed by atoms with Crippen molar-refractivity contribution in [2.24, 2.45) is 11.8 Å². The van der Waals surface area contributed by atoms with E-state index in [9.17, 15) is 4.79 Å². The Morgan fingerprint density at radius 2 is 2.19 bits per heavy atom. The number of amides is 1. The lowest BCUT2D eigenvalue weighted by molar-refractivity contribution is -0.127. The number of carbonyl (C=O) groups excluding carboxylic acids is 1. The number of fused-ring (bicyclic) bond motifs is 1. The van der Waals surface area contributed by atoms with Gasteiger partial charge in [0.05, 0.1) is 17.5 Å². The maximum absolute atomic E-state index is 12.6. The summed E-state index contributed by atoms with van der Waals surface area (Å²) in [6.07, 6.45) is 5.88. The summed E-state index contributed by atoms with van der Waals surface area (Å²) in [6.45, 7) is 6.92. The van der Waals surface area contributed by atoms with Gasteiger partial charge in [-0.05, 0) is 63.1 Å². The average Bonchev–Trinajstić information content (AvgIpc) is 3.08. The minimum atomic E-state index is -0.340. The SMILES string of the molecule is Cc1ncccc1NC(=O)[C@H]1C[C@@H]2CCN(CC3CCOCC3)C[C@@H]2O1. The highest BCUT2D eigenvalue weighted by atomic mass is 16.5. The molecule has 3 atom stereocenters. The van der Waals surface area contributed by atoms with Gasteiger partial charge in [-0.1, -0.05) is 0 Å². The molecule has 26 heavy (non-hydrogen) atoms. The third-order valence-electron chi connectivity index (χ3n) is 6.05. The van der Waals surface area contributed by atoms with E-state index in [1.165, 1.54) is 12.8 Å². The van der Waals surface area contributed by atoms with Crippen LogP contribution in [0.1, 0.15) is 31.4 Å². The molecule has 1 aromatic heterocycles. The van der Waals surface area contributed by atoms with Crippen LogP contribution in [-0.4, -0.2) is 60.8 Å². The van der Waals surface area contributed by atoms with E-state index in [1.54, 1.807) is 6.20 Å². The number of likely N-dealkylation sites (tertiary alicyclic amines) is 1. The van der Waals surface area contributed by atoms with Crippen molar-refractivity contribution in [3.8, 4) is 0 Å². The smallest absolute Gasteiger partial charge is 0.253 e. The highest BCUT2D eigenvalue weighted by Crippen LogP contribution is 2.34. The van der Waals surface area contributed by atoms with E-state index < -0.39 is 0 Å². The molecule has 0 radical (unpaired) electrons. The number of carbonyl (C=O) groups is 1. The number of pyridine rings is 1. The van der Waals surface area contributed by atoms with Gasteiger partial charge in [0.15, 0.2) is 0 Å². The van der Waals surface area contributed by atoms with Crippen LogP contribution in [0, 0.1) is 18.8 Å². The number of ether oxygens (including phenoxy) is 2. The summed E-state index contributed by atoms with van der Waals surface area (Å²) < 4.78 is 11.6. The van der Waals surface area contributed by atoms with Gasteiger partial charge >= 0.3 is 0 Å². The Balaban J connectivity index is 1.30. The third kappa shape index (κ3) is 4.08. The molecule has 0 saturated carbocycles. The summed E-state index contributed by atoms with van der Waals surface area (Å²) in [5, 5.41) is 2.98. The van der Waals surface area contributed by atoms with Crippen molar-refractivity contribution >= 4 is 11.6 Å². The molecule has 1 N–H and O–H groups in total. The van der Waals surface area contributed by atoms with Crippen molar-refractivity contribution in [2.45, 2.75) is 44.8 Å². The van der Waals surface area contributed by atoms with Crippen LogP contribution in [0.3, 0.4) is 0 Å². The summed E-state index contributed by atoms with van der Waals surface area (Å²) in [6, 6.07) is 3.73. The number of nitrogens with one attached hydrogen (secondary N) is 1. The molecule has 142 valence electrons. The lowest BCUT2D eigenvalue weighted by atomic mass is 9.90. The predicted octanol–water partition coefficient (Wildman–Crippen LogP) is 2.23. The van der Waals surface area contributed by atoms with Crippen LogP contribution >= 0.6 is 0 Å². The standard InChI is InChI=1S/C20H29N3O3/c1-14-17(3-2-7-21-14)22-20(24)18-11-16-4-8-23(13-19(16)26-18)12-15-5-9-25-10-6-15/h2-3,7,15-16,18-19H,4-6,8-13H2,1H3,(H,22,24)/t16-,18+,19-/m0/s1. The Morgan fingerprint density at radius 1 is 1.35 bits per heavy atom. The van der Waals surface area contributed by atoms with Gasteiger partial charge in [0.2, 0.25) is 0 Å². The van der Waals surface area contributed by atoms with Crippen molar-refractivity contribution in [2.75, 3.05) is 38.2 Å². The molecule has 3 saturated heterocycles. The molecule has 0 spiro atoms. The zero-order valence-electron chi connectivity index (χ0n) is 15.5. The molecule has 6 heteroatoms. The van der Waals surface area contributed by atoms with Crippen molar-refractivity contribution in [3.63, 3.8) is 0 Å². The van der Waals surface area contributed by atoms with Gasteiger partial charge < -0.3 is 19.7 Å². The first-order valence-electron chi connectivity index (χ1n) is 9.87. The van der Waals surface area contributed by atoms with Gasteiger partial charge in [0, 0.05) is 32.5 Å². The van der Waals surface area contributed by atoms with E-state index in [2.05, 4.69) is 15.2 Å². The summed E-state index contributed by atoms with van der Waals surface area (Å²) in [7, 11) is 0. The highest BCUT2D eigenvalue weighted by molar-refractivity contribution is 5.94. The van der Waals surface area contributed by atoms with E-state index in [0.29, 0.717) is 5.92 Å². The molecule has 0 unspecified atom stereocenters. The molecule has 1 aromatic rings. The Morgan fingerprint density at radius 3 is 3.00 bits per heavy atom. The first-order chi connectivity index (χ1) is 12.7. The maximum Gasteiger partial charge on any atom is 0.253 e. The van der Waals surface area contributed by atoms with E-state index in [4.69, 9.17) is 9.47 Å². The zero-order chi connectivity index (χ0) is 17.9. The van der Waals surface area contributed by atoms with Gasteiger partial charge in [0.25, 0.3) is 5.91 Å². The number of aromatic nitrogens is 1. The minimum absolute atomic E-state index is 0.0357. The van der Waals surface area contributed by atoms with E-state index in [-0.39, 0.29) is 18.1 Å². The molecule has 3 aliphatic rings. The molecule has 0 bridgehead atoms. The van der Waals surface area contributed by atoms with E-state index in [0.717, 1.165) is 63.0 Å². The van der Waals surface area contributed by atoms with Gasteiger partial charge in [-0.25, -0.2) is 0 Å². The van der Waals surface area contributed by atoms with Crippen molar-refractivity contribution in [1.29, 1.82) is 0 Å². The summed E-state index contributed by atoms with van der Waals surface area (Å²) in [4.78, 5) is 19.4. The van der Waals surface area contributed by atoms with Crippen LogP contribution in [0.15, 0.2) is 18.3 Å². The number of rotatable bonds is 4. The second-order valence-electron chi connectivity index (χ2n) is 7.89. The first kappa shape index (κ1) is 17.9.